The molecule has 2 heterocycles. The molecule has 0 radical (unpaired) electrons. The van der Waals surface area contributed by atoms with Crippen LogP contribution in [-0.2, 0) is 16.4 Å². The minimum Gasteiger partial charge on any atom is -0.298 e. The third-order valence-electron chi connectivity index (χ3n) is 6.00. The number of sulfonamides is 1. The summed E-state index contributed by atoms with van der Waals surface area (Å²) in [6, 6.07) is 17.7. The van der Waals surface area contributed by atoms with Crippen LogP contribution in [0.15, 0.2) is 65.6 Å². The Labute approximate surface area is 197 Å². The lowest BCUT2D eigenvalue weighted by Gasteiger charge is -2.30. The van der Waals surface area contributed by atoms with E-state index in [0.29, 0.717) is 17.2 Å². The van der Waals surface area contributed by atoms with Gasteiger partial charge in [-0.3, -0.25) is 14.4 Å². The van der Waals surface area contributed by atoms with Gasteiger partial charge in [-0.2, -0.15) is 0 Å². The van der Waals surface area contributed by atoms with Crippen LogP contribution >= 0.6 is 11.3 Å². The lowest BCUT2D eigenvalue weighted by molar-refractivity contribution is 0.102. The third kappa shape index (κ3) is 4.00. The standard InChI is InChI=1S/C25H23N3O3S2/c1-16-14-21-23(15-17(16)2)32-25(26-21)27-24(29)19-9-11-20(12-10-19)33(30,31)28-13-5-7-18-6-3-4-8-22(18)28/h3-4,6,8-12,14-15H,5,7,13H2,1-2H3,(H,26,27,29). The van der Waals surface area contributed by atoms with Gasteiger partial charge in [0.15, 0.2) is 5.13 Å². The molecule has 1 amide bonds. The van der Waals surface area contributed by atoms with Gasteiger partial charge in [-0.25, -0.2) is 13.4 Å². The van der Waals surface area contributed by atoms with Gasteiger partial charge in [0.25, 0.3) is 15.9 Å². The Hall–Kier alpha value is -3.23. The summed E-state index contributed by atoms with van der Waals surface area (Å²) < 4.78 is 29.1. The molecule has 3 aromatic carbocycles. The third-order valence-corrected chi connectivity index (χ3v) is 8.76. The zero-order valence-corrected chi connectivity index (χ0v) is 20.0. The molecule has 6 nitrogen and oxygen atoms in total. The zero-order valence-electron chi connectivity index (χ0n) is 18.3. The number of carbonyl (C=O) groups excluding carboxylic acids is 1. The molecule has 0 atom stereocenters. The van der Waals surface area contributed by atoms with E-state index in [-0.39, 0.29) is 10.8 Å². The molecule has 0 saturated heterocycles. The van der Waals surface area contributed by atoms with Crippen molar-refractivity contribution < 1.29 is 13.2 Å². The highest BCUT2D eigenvalue weighted by atomic mass is 32.2. The van der Waals surface area contributed by atoms with Crippen molar-refractivity contribution in [2.45, 2.75) is 31.6 Å². The van der Waals surface area contributed by atoms with Crippen molar-refractivity contribution in [3.05, 3.63) is 82.9 Å². The minimum atomic E-state index is -3.71. The van der Waals surface area contributed by atoms with Gasteiger partial charge in [-0.15, -0.1) is 0 Å². The number of nitrogens with zero attached hydrogens (tertiary/aromatic N) is 2. The predicted molar refractivity (Wildman–Crippen MR) is 133 cm³/mol. The Balaban J connectivity index is 1.37. The Morgan fingerprint density at radius 3 is 2.55 bits per heavy atom. The SMILES string of the molecule is Cc1cc2nc(NC(=O)c3ccc(S(=O)(=O)N4CCCc5ccccc54)cc3)sc2cc1C. The highest BCUT2D eigenvalue weighted by molar-refractivity contribution is 7.92. The average Bonchev–Trinajstić information content (AvgIpc) is 3.19. The molecule has 0 aliphatic carbocycles. The fraction of sp³-hybridized carbons (Fsp3) is 0.200. The smallest absolute Gasteiger partial charge is 0.264 e. The monoisotopic (exact) mass is 477 g/mol. The summed E-state index contributed by atoms with van der Waals surface area (Å²) in [7, 11) is -3.71. The molecular formula is C25H23N3O3S2. The van der Waals surface area contributed by atoms with Gasteiger partial charge in [0.1, 0.15) is 0 Å². The van der Waals surface area contributed by atoms with Crippen LogP contribution in [0.2, 0.25) is 0 Å². The molecule has 0 saturated carbocycles. The van der Waals surface area contributed by atoms with Crippen LogP contribution in [0.1, 0.15) is 33.5 Å². The van der Waals surface area contributed by atoms with E-state index in [1.807, 2.05) is 44.2 Å². The van der Waals surface area contributed by atoms with E-state index in [4.69, 9.17) is 0 Å². The molecule has 0 spiro atoms. The van der Waals surface area contributed by atoms with E-state index < -0.39 is 10.0 Å². The van der Waals surface area contributed by atoms with Crippen LogP contribution in [0.3, 0.4) is 0 Å². The number of aromatic nitrogens is 1. The second-order valence-electron chi connectivity index (χ2n) is 8.21. The topological polar surface area (TPSA) is 79.4 Å². The van der Waals surface area contributed by atoms with Crippen molar-refractivity contribution in [3.8, 4) is 0 Å². The van der Waals surface area contributed by atoms with Gasteiger partial charge in [0.2, 0.25) is 0 Å². The largest absolute Gasteiger partial charge is 0.298 e. The first-order chi connectivity index (χ1) is 15.8. The van der Waals surface area contributed by atoms with Gasteiger partial charge in [0, 0.05) is 12.1 Å². The Morgan fingerprint density at radius 2 is 1.76 bits per heavy atom. The maximum absolute atomic E-state index is 13.3. The van der Waals surface area contributed by atoms with Crippen molar-refractivity contribution in [2.24, 2.45) is 0 Å². The Bertz CT molecular complexity index is 1440. The number of rotatable bonds is 4. The number of fused-ring (bicyclic) bond motifs is 2. The van der Waals surface area contributed by atoms with Crippen molar-refractivity contribution in [3.63, 3.8) is 0 Å². The average molecular weight is 478 g/mol. The number of hydrogen-bond donors (Lipinski definition) is 1. The van der Waals surface area contributed by atoms with Gasteiger partial charge < -0.3 is 0 Å². The van der Waals surface area contributed by atoms with E-state index in [1.54, 1.807) is 12.1 Å². The van der Waals surface area contributed by atoms with Crippen molar-refractivity contribution in [1.29, 1.82) is 0 Å². The first kappa shape index (κ1) is 21.6. The van der Waals surface area contributed by atoms with Gasteiger partial charge in [-0.1, -0.05) is 29.5 Å². The number of thiazole rings is 1. The second-order valence-corrected chi connectivity index (χ2v) is 11.1. The summed E-state index contributed by atoms with van der Waals surface area (Å²) in [4.78, 5) is 17.4. The van der Waals surface area contributed by atoms with E-state index >= 15 is 0 Å². The van der Waals surface area contributed by atoms with Crippen LogP contribution in [0.4, 0.5) is 10.8 Å². The molecule has 168 valence electrons. The van der Waals surface area contributed by atoms with E-state index in [9.17, 15) is 13.2 Å². The number of nitrogens with one attached hydrogen (secondary N) is 1. The highest BCUT2D eigenvalue weighted by Gasteiger charge is 2.29. The lowest BCUT2D eigenvalue weighted by atomic mass is 10.0. The first-order valence-electron chi connectivity index (χ1n) is 10.7. The molecule has 8 heteroatoms. The van der Waals surface area contributed by atoms with Gasteiger partial charge >= 0.3 is 0 Å². The number of amides is 1. The fourth-order valence-corrected chi connectivity index (χ4v) is 6.54. The Morgan fingerprint density at radius 1 is 1.03 bits per heavy atom. The molecular weight excluding hydrogens is 454 g/mol. The van der Waals surface area contributed by atoms with Crippen molar-refractivity contribution in [2.75, 3.05) is 16.2 Å². The van der Waals surface area contributed by atoms with Crippen molar-refractivity contribution in [1.82, 2.24) is 4.98 Å². The van der Waals surface area contributed by atoms with E-state index in [1.165, 1.54) is 33.3 Å². The molecule has 33 heavy (non-hydrogen) atoms. The quantitative estimate of drug-likeness (QED) is 0.432. The van der Waals surface area contributed by atoms with Crippen molar-refractivity contribution >= 4 is 48.3 Å². The molecule has 1 aliphatic rings. The summed E-state index contributed by atoms with van der Waals surface area (Å²) in [6.45, 7) is 4.52. The molecule has 1 aromatic heterocycles. The van der Waals surface area contributed by atoms with Gasteiger partial charge in [0.05, 0.1) is 20.8 Å². The Kier molecular flexibility index (Phi) is 5.42. The molecule has 1 N–H and O–H groups in total. The predicted octanol–water partition coefficient (Wildman–Crippen LogP) is 5.31. The number of hydrogen-bond acceptors (Lipinski definition) is 5. The molecule has 5 rings (SSSR count). The fourth-order valence-electron chi connectivity index (χ4n) is 4.06. The second kappa shape index (κ2) is 8.28. The van der Waals surface area contributed by atoms with Crippen LogP contribution in [0.25, 0.3) is 10.2 Å². The molecule has 0 bridgehead atoms. The summed E-state index contributed by atoms with van der Waals surface area (Å²) in [5, 5.41) is 3.35. The number of carbonyl (C=O) groups is 1. The van der Waals surface area contributed by atoms with Crippen LogP contribution in [0.5, 0.6) is 0 Å². The summed E-state index contributed by atoms with van der Waals surface area (Å²) in [5.41, 5.74) is 5.31. The normalized spacial score (nSPS) is 13.7. The maximum atomic E-state index is 13.3. The highest BCUT2D eigenvalue weighted by Crippen LogP contribution is 2.32. The minimum absolute atomic E-state index is 0.168. The molecule has 1 aliphatic heterocycles. The number of para-hydroxylation sites is 1. The summed E-state index contributed by atoms with van der Waals surface area (Å²) in [5.74, 6) is -0.324. The summed E-state index contributed by atoms with van der Waals surface area (Å²) in [6.07, 6.45) is 1.64. The molecule has 0 unspecified atom stereocenters. The molecule has 4 aromatic rings. The number of benzene rings is 3. The van der Waals surface area contributed by atoms with Gasteiger partial charge in [-0.05, 0) is 85.8 Å². The van der Waals surface area contributed by atoms with Crippen LogP contribution in [0, 0.1) is 13.8 Å². The maximum Gasteiger partial charge on any atom is 0.264 e. The lowest BCUT2D eigenvalue weighted by Crippen LogP contribution is -2.35. The van der Waals surface area contributed by atoms with E-state index in [2.05, 4.69) is 16.4 Å². The van der Waals surface area contributed by atoms with Crippen LogP contribution < -0.4 is 9.62 Å². The molecule has 0 fully saturated rings. The number of aryl methyl sites for hydroxylation is 3. The van der Waals surface area contributed by atoms with Crippen LogP contribution in [-0.4, -0.2) is 25.9 Å². The number of anilines is 2. The van der Waals surface area contributed by atoms with E-state index in [0.717, 1.165) is 39.9 Å². The summed E-state index contributed by atoms with van der Waals surface area (Å²) >= 11 is 1.42. The first-order valence-corrected chi connectivity index (χ1v) is 13.0. The zero-order chi connectivity index (χ0) is 23.2.